The van der Waals surface area contributed by atoms with E-state index < -0.39 is 5.91 Å². The molecule has 3 heterocycles. The van der Waals surface area contributed by atoms with Crippen LogP contribution in [0.4, 0.5) is 15.9 Å². The van der Waals surface area contributed by atoms with Gasteiger partial charge in [-0.05, 0) is 37.6 Å². The minimum atomic E-state index is -0.629. The topological polar surface area (TPSA) is 122 Å². The summed E-state index contributed by atoms with van der Waals surface area (Å²) in [7, 11) is 0. The van der Waals surface area contributed by atoms with Gasteiger partial charge in [0.15, 0.2) is 5.82 Å². The van der Waals surface area contributed by atoms with Crippen LogP contribution in [0.5, 0.6) is 0 Å². The summed E-state index contributed by atoms with van der Waals surface area (Å²) in [5, 5.41) is 21.3. The van der Waals surface area contributed by atoms with Crippen molar-refractivity contribution in [2.45, 2.75) is 31.9 Å². The van der Waals surface area contributed by atoms with Crippen LogP contribution in [0.1, 0.15) is 36.2 Å². The van der Waals surface area contributed by atoms with Gasteiger partial charge >= 0.3 is 0 Å². The average molecular weight is 425 g/mol. The van der Waals surface area contributed by atoms with Crippen molar-refractivity contribution in [2.24, 2.45) is 16.8 Å². The van der Waals surface area contributed by atoms with Crippen molar-refractivity contribution in [2.75, 3.05) is 25.0 Å². The summed E-state index contributed by atoms with van der Waals surface area (Å²) in [4.78, 5) is 19.6. The summed E-state index contributed by atoms with van der Waals surface area (Å²) in [6.07, 6.45) is 3.10. The SMILES string of the molecule is CC1=NOC(CN2CCC(n3cc(C(N)=O)c(Nc4ccc(F)cc4)n3)[C@H](C#N)C2)C1. The molecule has 2 aliphatic heterocycles. The lowest BCUT2D eigenvalue weighted by atomic mass is 9.93. The van der Waals surface area contributed by atoms with Crippen molar-refractivity contribution in [3.05, 3.63) is 41.8 Å². The van der Waals surface area contributed by atoms with Gasteiger partial charge in [-0.2, -0.15) is 10.4 Å². The van der Waals surface area contributed by atoms with E-state index in [1.807, 2.05) is 6.92 Å². The van der Waals surface area contributed by atoms with Gasteiger partial charge in [0.2, 0.25) is 0 Å². The maximum atomic E-state index is 13.2. The lowest BCUT2D eigenvalue weighted by Gasteiger charge is -2.36. The zero-order valence-electron chi connectivity index (χ0n) is 17.2. The molecule has 0 radical (unpaired) electrons. The first-order valence-corrected chi connectivity index (χ1v) is 10.2. The molecule has 1 fully saturated rings. The predicted octanol–water partition coefficient (Wildman–Crippen LogP) is 2.42. The molecule has 0 spiro atoms. The molecular formula is C21H24FN7O2. The molecule has 162 valence electrons. The van der Waals surface area contributed by atoms with Crippen LogP contribution in [-0.4, -0.2) is 52.0 Å². The fraction of sp³-hybridized carbons (Fsp3) is 0.429. The number of rotatable bonds is 6. The summed E-state index contributed by atoms with van der Waals surface area (Å²) in [6.45, 7) is 4.01. The van der Waals surface area contributed by atoms with Crippen LogP contribution in [0.15, 0.2) is 35.6 Å². The standard InChI is InChI=1S/C21H24FN7O2/c1-13-8-17(31-27-13)11-28-7-6-19(14(9-23)10-28)29-12-18(20(24)30)21(26-29)25-16-4-2-15(22)3-5-16/h2-5,12,14,17,19H,6-8,10-11H2,1H3,(H2,24,30)(H,25,26)/t14-,17?,19?/m1/s1. The summed E-state index contributed by atoms with van der Waals surface area (Å²) < 4.78 is 14.8. The third-order valence-electron chi connectivity index (χ3n) is 5.61. The van der Waals surface area contributed by atoms with E-state index in [4.69, 9.17) is 10.6 Å². The molecule has 0 bridgehead atoms. The fourth-order valence-electron chi connectivity index (χ4n) is 4.07. The van der Waals surface area contributed by atoms with Crippen molar-refractivity contribution in [3.63, 3.8) is 0 Å². The van der Waals surface area contributed by atoms with Gasteiger partial charge in [-0.1, -0.05) is 5.16 Å². The number of anilines is 2. The highest BCUT2D eigenvalue weighted by atomic mass is 19.1. The van der Waals surface area contributed by atoms with Gasteiger partial charge in [-0.3, -0.25) is 14.4 Å². The molecule has 4 rings (SSSR count). The van der Waals surface area contributed by atoms with Crippen molar-refractivity contribution in [1.82, 2.24) is 14.7 Å². The van der Waals surface area contributed by atoms with E-state index in [1.54, 1.807) is 23.0 Å². The van der Waals surface area contributed by atoms with Crippen LogP contribution in [0.2, 0.25) is 0 Å². The molecule has 3 N–H and O–H groups in total. The molecular weight excluding hydrogens is 401 g/mol. The molecule has 0 saturated carbocycles. The molecule has 10 heteroatoms. The number of nitrogens with one attached hydrogen (secondary N) is 1. The van der Waals surface area contributed by atoms with Crippen LogP contribution in [0.25, 0.3) is 0 Å². The Balaban J connectivity index is 1.48. The Hall–Kier alpha value is -3.45. The van der Waals surface area contributed by atoms with Crippen LogP contribution in [0.3, 0.4) is 0 Å². The molecule has 2 unspecified atom stereocenters. The van der Waals surface area contributed by atoms with E-state index in [0.29, 0.717) is 18.7 Å². The van der Waals surface area contributed by atoms with Gasteiger partial charge in [0, 0.05) is 37.9 Å². The molecule has 31 heavy (non-hydrogen) atoms. The quantitative estimate of drug-likeness (QED) is 0.733. The normalized spacial score (nSPS) is 23.6. The highest BCUT2D eigenvalue weighted by Gasteiger charge is 2.34. The highest BCUT2D eigenvalue weighted by Crippen LogP contribution is 2.31. The second-order valence-electron chi connectivity index (χ2n) is 7.98. The van der Waals surface area contributed by atoms with Gasteiger partial charge in [-0.25, -0.2) is 4.39 Å². The number of benzene rings is 1. The van der Waals surface area contributed by atoms with E-state index >= 15 is 0 Å². The molecule has 1 saturated heterocycles. The number of hydrogen-bond donors (Lipinski definition) is 2. The second-order valence-corrected chi connectivity index (χ2v) is 7.98. The Labute approximate surface area is 179 Å². The molecule has 1 aromatic heterocycles. The van der Waals surface area contributed by atoms with Gasteiger partial charge in [0.25, 0.3) is 5.91 Å². The fourth-order valence-corrected chi connectivity index (χ4v) is 4.07. The smallest absolute Gasteiger partial charge is 0.254 e. The third kappa shape index (κ3) is 4.67. The first-order valence-electron chi connectivity index (χ1n) is 10.2. The molecule has 2 aliphatic rings. The third-order valence-corrected chi connectivity index (χ3v) is 5.61. The van der Waals surface area contributed by atoms with E-state index in [0.717, 1.165) is 25.2 Å². The largest absolute Gasteiger partial charge is 0.391 e. The lowest BCUT2D eigenvalue weighted by Crippen LogP contribution is -2.44. The Morgan fingerprint density at radius 3 is 2.84 bits per heavy atom. The number of likely N-dealkylation sites (tertiary alicyclic amines) is 1. The van der Waals surface area contributed by atoms with E-state index in [-0.39, 0.29) is 35.3 Å². The number of carbonyl (C=O) groups excluding carboxylic acids is 1. The maximum absolute atomic E-state index is 13.2. The molecule has 9 nitrogen and oxygen atoms in total. The van der Waals surface area contributed by atoms with Crippen LogP contribution in [0, 0.1) is 23.1 Å². The number of nitrogens with two attached hydrogens (primary N) is 1. The number of piperidine rings is 1. The number of amides is 1. The molecule has 2 aromatic rings. The summed E-state index contributed by atoms with van der Waals surface area (Å²) >= 11 is 0. The summed E-state index contributed by atoms with van der Waals surface area (Å²) in [5.41, 5.74) is 7.31. The predicted molar refractivity (Wildman–Crippen MR) is 112 cm³/mol. The van der Waals surface area contributed by atoms with Crippen LogP contribution < -0.4 is 11.1 Å². The zero-order valence-corrected chi connectivity index (χ0v) is 17.2. The van der Waals surface area contributed by atoms with Gasteiger partial charge in [-0.15, -0.1) is 0 Å². The van der Waals surface area contributed by atoms with Crippen molar-refractivity contribution >= 4 is 23.1 Å². The van der Waals surface area contributed by atoms with Crippen molar-refractivity contribution in [1.29, 1.82) is 5.26 Å². The number of nitrogens with zero attached hydrogens (tertiary/aromatic N) is 5. The van der Waals surface area contributed by atoms with E-state index in [9.17, 15) is 14.4 Å². The monoisotopic (exact) mass is 425 g/mol. The number of aromatic nitrogens is 2. The number of primary amides is 1. The first-order chi connectivity index (χ1) is 14.9. The summed E-state index contributed by atoms with van der Waals surface area (Å²) in [5.74, 6) is -1.02. The molecule has 1 aromatic carbocycles. The first kappa shape index (κ1) is 20.8. The minimum absolute atomic E-state index is 0.0218. The number of oxime groups is 1. The number of nitriles is 1. The van der Waals surface area contributed by atoms with Gasteiger partial charge < -0.3 is 15.9 Å². The van der Waals surface area contributed by atoms with Crippen molar-refractivity contribution < 1.29 is 14.0 Å². The Bertz CT molecular complexity index is 1030. The van der Waals surface area contributed by atoms with Crippen molar-refractivity contribution in [3.8, 4) is 6.07 Å². The van der Waals surface area contributed by atoms with Crippen LogP contribution >= 0.6 is 0 Å². The average Bonchev–Trinajstić information content (AvgIpc) is 3.35. The molecule has 3 atom stereocenters. The lowest BCUT2D eigenvalue weighted by molar-refractivity contribution is 0.0351. The summed E-state index contributed by atoms with van der Waals surface area (Å²) in [6, 6.07) is 7.91. The zero-order chi connectivity index (χ0) is 22.0. The second kappa shape index (κ2) is 8.73. The number of carbonyl (C=O) groups is 1. The Kier molecular flexibility index (Phi) is 5.86. The molecule has 1 amide bonds. The highest BCUT2D eigenvalue weighted by molar-refractivity contribution is 5.98. The Morgan fingerprint density at radius 2 is 2.19 bits per heavy atom. The van der Waals surface area contributed by atoms with Gasteiger partial charge in [0.1, 0.15) is 17.5 Å². The molecule has 0 aliphatic carbocycles. The maximum Gasteiger partial charge on any atom is 0.254 e. The van der Waals surface area contributed by atoms with Crippen LogP contribution in [-0.2, 0) is 4.84 Å². The van der Waals surface area contributed by atoms with E-state index in [2.05, 4.69) is 26.5 Å². The number of hydrogen-bond acceptors (Lipinski definition) is 7. The van der Waals surface area contributed by atoms with Gasteiger partial charge in [0.05, 0.1) is 23.7 Å². The number of halogens is 1. The van der Waals surface area contributed by atoms with E-state index in [1.165, 1.54) is 12.1 Å². The Morgan fingerprint density at radius 1 is 1.42 bits per heavy atom. The minimum Gasteiger partial charge on any atom is -0.391 e.